The smallest absolute Gasteiger partial charge is 0.240 e. The number of nitrogens with two attached hydrogens (primary N) is 1. The van der Waals surface area contributed by atoms with E-state index in [9.17, 15) is 19.2 Å². The van der Waals surface area contributed by atoms with Gasteiger partial charge in [0.2, 0.25) is 17.7 Å². The zero-order valence-electron chi connectivity index (χ0n) is 25.9. The first-order valence-electron chi connectivity index (χ1n) is 15.6. The average molecular weight is 629 g/mol. The number of hydrogen-bond donors (Lipinski definition) is 2. The number of primary amides is 1. The number of piperidine rings is 1. The van der Waals surface area contributed by atoms with E-state index < -0.39 is 23.9 Å². The van der Waals surface area contributed by atoms with Gasteiger partial charge in [-0.3, -0.25) is 19.2 Å². The Bertz CT molecular complexity index is 1550. The number of hydrogen-bond acceptors (Lipinski definition) is 5. The van der Waals surface area contributed by atoms with Gasteiger partial charge in [0.15, 0.2) is 5.78 Å². The van der Waals surface area contributed by atoms with Gasteiger partial charge in [0.25, 0.3) is 0 Å². The number of carbonyl (C=O) groups excluding carboxylic acids is 4. The number of halogens is 1. The van der Waals surface area contributed by atoms with Crippen LogP contribution in [-0.4, -0.2) is 59.5 Å². The van der Waals surface area contributed by atoms with E-state index >= 15 is 0 Å². The molecular formula is C36H41ClN4O4. The lowest BCUT2D eigenvalue weighted by molar-refractivity contribution is -0.146. The molecule has 2 aliphatic heterocycles. The van der Waals surface area contributed by atoms with E-state index in [4.69, 9.17) is 17.3 Å². The third-order valence-corrected chi connectivity index (χ3v) is 9.69. The third kappa shape index (κ3) is 7.63. The van der Waals surface area contributed by atoms with Crippen molar-refractivity contribution >= 4 is 40.8 Å². The van der Waals surface area contributed by atoms with Crippen LogP contribution < -0.4 is 11.1 Å². The maximum absolute atomic E-state index is 14.4. The Morgan fingerprint density at radius 2 is 1.64 bits per heavy atom. The molecule has 2 heterocycles. The molecule has 3 aromatic rings. The van der Waals surface area contributed by atoms with Crippen LogP contribution >= 0.6 is 11.6 Å². The van der Waals surface area contributed by atoms with E-state index in [1.54, 1.807) is 36.4 Å². The summed E-state index contributed by atoms with van der Waals surface area (Å²) in [6, 6.07) is 20.2. The van der Waals surface area contributed by atoms with Crippen LogP contribution in [0.15, 0.2) is 72.8 Å². The summed E-state index contributed by atoms with van der Waals surface area (Å²) in [5, 5.41) is 3.70. The van der Waals surface area contributed by atoms with Gasteiger partial charge in [0, 0.05) is 35.5 Å². The minimum absolute atomic E-state index is 0.0188. The summed E-state index contributed by atoms with van der Waals surface area (Å²) in [5.74, 6) is -1.82. The van der Waals surface area contributed by atoms with Gasteiger partial charge in [-0.2, -0.15) is 0 Å². The number of aryl methyl sites for hydroxylation is 1. The fourth-order valence-electron chi connectivity index (χ4n) is 6.75. The molecule has 2 unspecified atom stereocenters. The molecule has 3 aromatic carbocycles. The van der Waals surface area contributed by atoms with E-state index in [0.29, 0.717) is 22.7 Å². The number of ketones is 1. The molecule has 3 N–H and O–H groups in total. The molecule has 8 nitrogen and oxygen atoms in total. The fraction of sp³-hybridized carbons (Fsp3) is 0.389. The summed E-state index contributed by atoms with van der Waals surface area (Å²) in [7, 11) is 2.09. The Labute approximate surface area is 269 Å². The van der Waals surface area contributed by atoms with Crippen molar-refractivity contribution in [1.29, 1.82) is 0 Å². The molecule has 0 aromatic heterocycles. The maximum Gasteiger partial charge on any atom is 0.240 e. The van der Waals surface area contributed by atoms with Crippen molar-refractivity contribution in [3.63, 3.8) is 0 Å². The van der Waals surface area contributed by atoms with Crippen LogP contribution in [0.2, 0.25) is 5.02 Å². The second-order valence-electron chi connectivity index (χ2n) is 12.4. The van der Waals surface area contributed by atoms with Crippen LogP contribution in [0.25, 0.3) is 0 Å². The lowest BCUT2D eigenvalue weighted by Crippen LogP contribution is -2.56. The Balaban J connectivity index is 1.53. The summed E-state index contributed by atoms with van der Waals surface area (Å²) in [5.41, 5.74) is 9.66. The Morgan fingerprint density at radius 3 is 2.33 bits per heavy atom. The largest absolute Gasteiger partial charge is 0.368 e. The zero-order chi connectivity index (χ0) is 32.1. The highest BCUT2D eigenvalue weighted by molar-refractivity contribution is 6.31. The second-order valence-corrected chi connectivity index (χ2v) is 12.8. The molecule has 236 valence electrons. The highest BCUT2D eigenvalue weighted by atomic mass is 35.5. The van der Waals surface area contributed by atoms with Crippen molar-refractivity contribution in [2.75, 3.05) is 25.5 Å². The fourth-order valence-corrected chi connectivity index (χ4v) is 6.87. The van der Waals surface area contributed by atoms with Crippen LogP contribution in [-0.2, 0) is 20.8 Å². The number of fused-ring (bicyclic) bond motifs is 1. The number of nitrogens with one attached hydrogen (secondary N) is 1. The number of anilines is 1. The first-order chi connectivity index (χ1) is 21.6. The first-order valence-corrected chi connectivity index (χ1v) is 16.0. The number of likely N-dealkylation sites (tertiary alicyclic amines) is 1. The summed E-state index contributed by atoms with van der Waals surface area (Å²) >= 11 is 6.26. The van der Waals surface area contributed by atoms with Gasteiger partial charge in [0.05, 0.1) is 12.0 Å². The quantitative estimate of drug-likeness (QED) is 0.285. The van der Waals surface area contributed by atoms with Crippen LogP contribution in [0, 0.1) is 18.8 Å². The van der Waals surface area contributed by atoms with E-state index in [-0.39, 0.29) is 42.8 Å². The predicted molar refractivity (Wildman–Crippen MR) is 176 cm³/mol. The Kier molecular flexibility index (Phi) is 10.4. The topological polar surface area (TPSA) is 113 Å². The SMILES string of the molecule is Cc1cc(NC(=O)[C@@H](CC2CCN(C)CC2)C2c3ccccc3CC(C(N)=O)N2C(=O)CCC(=O)c2ccccc2)ccc1Cl. The van der Waals surface area contributed by atoms with Crippen LogP contribution in [0.4, 0.5) is 5.69 Å². The number of Topliss-reactive ketones (excluding diaryl/α,β-unsaturated/α-hetero) is 1. The standard InChI is InChI=1S/C36H41ClN4O4/c1-23-20-27(12-13-30(23)37)39-36(45)29(21-24-16-18-40(2)19-17-24)34-28-11-7-6-10-26(28)22-31(35(38)44)41(34)33(43)15-14-32(42)25-8-4-3-5-9-25/h3-13,20,24,29,31,34H,14-19,21-22H2,1-2H3,(H2,38,44)(H,39,45)/t29-,31?,34?/m0/s1. The highest BCUT2D eigenvalue weighted by Gasteiger charge is 2.46. The van der Waals surface area contributed by atoms with E-state index in [1.807, 2.05) is 43.3 Å². The molecule has 1 saturated heterocycles. The van der Waals surface area contributed by atoms with Crippen molar-refractivity contribution in [3.8, 4) is 0 Å². The van der Waals surface area contributed by atoms with E-state index in [0.717, 1.165) is 42.6 Å². The van der Waals surface area contributed by atoms with Gasteiger partial charge < -0.3 is 20.9 Å². The Hall–Kier alpha value is -4.01. The van der Waals surface area contributed by atoms with Crippen molar-refractivity contribution in [3.05, 3.63) is 100 Å². The van der Waals surface area contributed by atoms with Crippen molar-refractivity contribution in [2.45, 2.75) is 57.5 Å². The molecule has 45 heavy (non-hydrogen) atoms. The van der Waals surface area contributed by atoms with E-state index in [1.165, 1.54) is 4.90 Å². The second kappa shape index (κ2) is 14.4. The lowest BCUT2D eigenvalue weighted by Gasteiger charge is -2.46. The van der Waals surface area contributed by atoms with E-state index in [2.05, 4.69) is 17.3 Å². The number of nitrogens with zero attached hydrogens (tertiary/aromatic N) is 2. The van der Waals surface area contributed by atoms with Gasteiger partial charge in [0.1, 0.15) is 6.04 Å². The predicted octanol–water partition coefficient (Wildman–Crippen LogP) is 5.58. The van der Waals surface area contributed by atoms with Crippen LogP contribution in [0.3, 0.4) is 0 Å². The molecule has 3 amide bonds. The molecule has 0 bridgehead atoms. The minimum atomic E-state index is -0.949. The van der Waals surface area contributed by atoms with Crippen molar-refractivity contribution < 1.29 is 19.2 Å². The summed E-state index contributed by atoms with van der Waals surface area (Å²) in [6.45, 7) is 3.72. The minimum Gasteiger partial charge on any atom is -0.368 e. The van der Waals surface area contributed by atoms with Crippen molar-refractivity contribution in [2.24, 2.45) is 17.6 Å². The number of carbonyl (C=O) groups is 4. The Morgan fingerprint density at radius 1 is 0.956 bits per heavy atom. The van der Waals surface area contributed by atoms with Crippen LogP contribution in [0.1, 0.15) is 65.2 Å². The molecule has 1 fully saturated rings. The normalized spacial score (nSPS) is 19.4. The third-order valence-electron chi connectivity index (χ3n) is 9.27. The first kappa shape index (κ1) is 32.4. The van der Waals surface area contributed by atoms with Gasteiger partial charge >= 0.3 is 0 Å². The van der Waals surface area contributed by atoms with Gasteiger partial charge in [-0.1, -0.05) is 66.2 Å². The van der Waals surface area contributed by atoms with Gasteiger partial charge in [-0.05, 0) is 87.1 Å². The van der Waals surface area contributed by atoms with Crippen LogP contribution in [0.5, 0.6) is 0 Å². The molecule has 0 spiro atoms. The molecular weight excluding hydrogens is 588 g/mol. The molecule has 2 aliphatic rings. The molecule has 0 aliphatic carbocycles. The zero-order valence-corrected chi connectivity index (χ0v) is 26.6. The highest BCUT2D eigenvalue weighted by Crippen LogP contribution is 2.43. The molecule has 0 radical (unpaired) electrons. The maximum atomic E-state index is 14.4. The lowest BCUT2D eigenvalue weighted by atomic mass is 9.76. The average Bonchev–Trinajstić information content (AvgIpc) is 3.04. The number of rotatable bonds is 10. The van der Waals surface area contributed by atoms with Crippen molar-refractivity contribution in [1.82, 2.24) is 9.80 Å². The summed E-state index contributed by atoms with van der Waals surface area (Å²) < 4.78 is 0. The monoisotopic (exact) mass is 628 g/mol. The molecule has 3 atom stereocenters. The van der Waals surface area contributed by atoms with Gasteiger partial charge in [-0.25, -0.2) is 0 Å². The summed E-state index contributed by atoms with van der Waals surface area (Å²) in [4.78, 5) is 58.4. The number of amides is 3. The molecule has 9 heteroatoms. The molecule has 0 saturated carbocycles. The van der Waals surface area contributed by atoms with Gasteiger partial charge in [-0.15, -0.1) is 0 Å². The summed E-state index contributed by atoms with van der Waals surface area (Å²) in [6.07, 6.45) is 2.51. The number of benzene rings is 3. The molecule has 5 rings (SSSR count).